The Kier molecular flexibility index (Phi) is 6.17. The summed E-state index contributed by atoms with van der Waals surface area (Å²) in [6.07, 6.45) is 3.36. The molecule has 0 bridgehead atoms. The number of aryl methyl sites for hydroxylation is 1. The summed E-state index contributed by atoms with van der Waals surface area (Å²) in [4.78, 5) is 40.8. The van der Waals surface area contributed by atoms with Gasteiger partial charge < -0.3 is 19.9 Å². The molecule has 186 valence electrons. The molecule has 1 aromatic heterocycles. The van der Waals surface area contributed by atoms with Crippen molar-refractivity contribution in [3.63, 3.8) is 0 Å². The van der Waals surface area contributed by atoms with E-state index in [0.717, 1.165) is 24.1 Å². The Morgan fingerprint density at radius 3 is 2.53 bits per heavy atom. The van der Waals surface area contributed by atoms with E-state index >= 15 is 0 Å². The van der Waals surface area contributed by atoms with Gasteiger partial charge in [0, 0.05) is 42.5 Å². The number of carbonyl (C=O) groups is 3. The molecule has 0 saturated carbocycles. The van der Waals surface area contributed by atoms with Crippen LogP contribution in [0.25, 0.3) is 5.69 Å². The maximum atomic E-state index is 14.5. The normalized spacial score (nSPS) is 15.6. The minimum absolute atomic E-state index is 0.0710. The summed E-state index contributed by atoms with van der Waals surface area (Å²) in [6.45, 7) is 3.00. The molecule has 0 atom stereocenters. The predicted octanol–water partition coefficient (Wildman–Crippen LogP) is 3.62. The molecule has 0 spiro atoms. The molecule has 1 N–H and O–H groups in total. The topological polar surface area (TPSA) is 96.8 Å². The minimum atomic E-state index is -0.595. The van der Waals surface area contributed by atoms with Gasteiger partial charge in [-0.2, -0.15) is 0 Å². The van der Waals surface area contributed by atoms with Gasteiger partial charge in [0.25, 0.3) is 5.91 Å². The standard InChI is InChI=1S/C26H26FN5O4/c1-16-13-17(6-8-21(16)31-11-4-3-5-23(31)34)30-12-10-19-24(26(30)35)32(29-25(19)28-15-33)18-7-9-22(36-2)20(27)14-18/h6-9,13-15H,3-5,10-12H2,1-2H3,(H,28,29,33). The molecule has 0 aliphatic carbocycles. The van der Waals surface area contributed by atoms with Gasteiger partial charge in [-0.1, -0.05) is 0 Å². The van der Waals surface area contributed by atoms with Gasteiger partial charge in [-0.15, -0.1) is 5.10 Å². The largest absolute Gasteiger partial charge is 0.494 e. The number of nitrogens with zero attached hydrogens (tertiary/aromatic N) is 4. The molecule has 3 heterocycles. The molecular weight excluding hydrogens is 465 g/mol. The minimum Gasteiger partial charge on any atom is -0.494 e. The second-order valence-corrected chi connectivity index (χ2v) is 8.85. The molecule has 5 rings (SSSR count). The number of rotatable bonds is 6. The van der Waals surface area contributed by atoms with E-state index in [-0.39, 0.29) is 29.1 Å². The second kappa shape index (κ2) is 9.44. The average molecular weight is 492 g/mol. The third-order valence-electron chi connectivity index (χ3n) is 6.70. The molecule has 3 aromatic rings. The van der Waals surface area contributed by atoms with Gasteiger partial charge >= 0.3 is 0 Å². The Morgan fingerprint density at radius 2 is 1.83 bits per heavy atom. The van der Waals surface area contributed by atoms with Crippen molar-refractivity contribution in [3.05, 3.63) is 59.0 Å². The number of carbonyl (C=O) groups excluding carboxylic acids is 3. The lowest BCUT2D eigenvalue weighted by atomic mass is 10.0. The molecule has 2 aliphatic heterocycles. The number of piperidine rings is 1. The number of hydrogen-bond donors (Lipinski definition) is 1. The number of methoxy groups -OCH3 is 1. The average Bonchev–Trinajstić information content (AvgIpc) is 3.24. The van der Waals surface area contributed by atoms with E-state index in [0.29, 0.717) is 49.3 Å². The maximum Gasteiger partial charge on any atom is 0.277 e. The first kappa shape index (κ1) is 23.5. The van der Waals surface area contributed by atoms with Crippen LogP contribution in [-0.4, -0.2) is 48.2 Å². The van der Waals surface area contributed by atoms with Crippen LogP contribution in [0.2, 0.25) is 0 Å². The van der Waals surface area contributed by atoms with Crippen LogP contribution in [0.5, 0.6) is 5.75 Å². The fraction of sp³-hybridized carbons (Fsp3) is 0.308. The number of hydrogen-bond acceptors (Lipinski definition) is 5. The van der Waals surface area contributed by atoms with Crippen molar-refractivity contribution in [1.29, 1.82) is 0 Å². The highest BCUT2D eigenvalue weighted by molar-refractivity contribution is 6.09. The number of amides is 3. The van der Waals surface area contributed by atoms with Crippen LogP contribution in [-0.2, 0) is 16.0 Å². The number of ether oxygens (including phenoxy) is 1. The number of benzene rings is 2. The van der Waals surface area contributed by atoms with Crippen molar-refractivity contribution in [2.45, 2.75) is 32.6 Å². The fourth-order valence-electron chi connectivity index (χ4n) is 4.92. The Morgan fingerprint density at radius 1 is 1.03 bits per heavy atom. The van der Waals surface area contributed by atoms with E-state index in [9.17, 15) is 18.8 Å². The van der Waals surface area contributed by atoms with E-state index < -0.39 is 5.82 Å². The van der Waals surface area contributed by atoms with Crippen molar-refractivity contribution in [1.82, 2.24) is 9.78 Å². The summed E-state index contributed by atoms with van der Waals surface area (Å²) in [7, 11) is 1.37. The first-order chi connectivity index (χ1) is 17.4. The summed E-state index contributed by atoms with van der Waals surface area (Å²) >= 11 is 0. The first-order valence-corrected chi connectivity index (χ1v) is 11.8. The molecule has 2 aliphatic rings. The third kappa shape index (κ3) is 3.98. The smallest absolute Gasteiger partial charge is 0.277 e. The van der Waals surface area contributed by atoms with Crippen LogP contribution in [0.1, 0.15) is 40.9 Å². The zero-order valence-corrected chi connectivity index (χ0v) is 20.1. The quantitative estimate of drug-likeness (QED) is 0.532. The van der Waals surface area contributed by atoms with Crippen LogP contribution >= 0.6 is 0 Å². The summed E-state index contributed by atoms with van der Waals surface area (Å²) in [5.41, 5.74) is 3.61. The monoisotopic (exact) mass is 491 g/mol. The van der Waals surface area contributed by atoms with Crippen LogP contribution in [0.3, 0.4) is 0 Å². The van der Waals surface area contributed by atoms with Gasteiger partial charge in [0.1, 0.15) is 5.69 Å². The van der Waals surface area contributed by atoms with Gasteiger partial charge in [0.05, 0.1) is 12.8 Å². The van der Waals surface area contributed by atoms with Crippen molar-refractivity contribution in [3.8, 4) is 11.4 Å². The number of aromatic nitrogens is 2. The first-order valence-electron chi connectivity index (χ1n) is 11.8. The van der Waals surface area contributed by atoms with Crippen molar-refractivity contribution in [2.24, 2.45) is 0 Å². The van der Waals surface area contributed by atoms with Crippen molar-refractivity contribution >= 4 is 35.4 Å². The van der Waals surface area contributed by atoms with Gasteiger partial charge in [-0.05, 0) is 62.1 Å². The molecule has 1 saturated heterocycles. The lowest BCUT2D eigenvalue weighted by Crippen LogP contribution is -2.39. The van der Waals surface area contributed by atoms with E-state index in [2.05, 4.69) is 10.4 Å². The molecule has 2 aromatic carbocycles. The summed E-state index contributed by atoms with van der Waals surface area (Å²) in [6, 6.07) is 9.91. The predicted molar refractivity (Wildman–Crippen MR) is 133 cm³/mol. The Bertz CT molecular complexity index is 1370. The molecular formula is C26H26FN5O4. The lowest BCUT2D eigenvalue weighted by Gasteiger charge is -2.31. The van der Waals surface area contributed by atoms with Gasteiger partial charge in [0.15, 0.2) is 17.4 Å². The van der Waals surface area contributed by atoms with Crippen molar-refractivity contribution in [2.75, 3.05) is 35.3 Å². The van der Waals surface area contributed by atoms with Crippen LogP contribution in [0, 0.1) is 12.7 Å². The van der Waals surface area contributed by atoms with E-state index in [1.807, 2.05) is 30.0 Å². The Labute approximate surface area is 207 Å². The second-order valence-electron chi connectivity index (χ2n) is 8.85. The molecule has 0 unspecified atom stereocenters. The third-order valence-corrected chi connectivity index (χ3v) is 6.70. The van der Waals surface area contributed by atoms with Crippen LogP contribution in [0.15, 0.2) is 36.4 Å². The van der Waals surface area contributed by atoms with Crippen molar-refractivity contribution < 1.29 is 23.5 Å². The highest BCUT2D eigenvalue weighted by atomic mass is 19.1. The summed E-state index contributed by atoms with van der Waals surface area (Å²) in [5.74, 6) is -0.467. The van der Waals surface area contributed by atoms with Gasteiger partial charge in [0.2, 0.25) is 12.3 Å². The number of fused-ring (bicyclic) bond motifs is 1. The number of halogens is 1. The van der Waals surface area contributed by atoms with Gasteiger partial charge in [-0.3, -0.25) is 14.4 Å². The zero-order valence-electron chi connectivity index (χ0n) is 20.1. The lowest BCUT2D eigenvalue weighted by molar-refractivity contribution is -0.119. The highest BCUT2D eigenvalue weighted by Gasteiger charge is 2.34. The van der Waals surface area contributed by atoms with Gasteiger partial charge in [-0.25, -0.2) is 9.07 Å². The molecule has 1 fully saturated rings. The fourth-order valence-corrected chi connectivity index (χ4v) is 4.92. The Hall–Kier alpha value is -4.21. The van der Waals surface area contributed by atoms with Crippen LogP contribution in [0.4, 0.5) is 21.6 Å². The summed E-state index contributed by atoms with van der Waals surface area (Å²) in [5, 5.41) is 6.96. The molecule has 9 nitrogen and oxygen atoms in total. The van der Waals surface area contributed by atoms with E-state index in [1.165, 1.54) is 23.9 Å². The van der Waals surface area contributed by atoms with Crippen LogP contribution < -0.4 is 19.9 Å². The number of anilines is 3. The Balaban J connectivity index is 1.52. The maximum absolute atomic E-state index is 14.5. The molecule has 36 heavy (non-hydrogen) atoms. The molecule has 3 amide bonds. The SMILES string of the molecule is COc1ccc(-n2nc(NC=O)c3c2C(=O)N(c2ccc(N4CCCCC4=O)c(C)c2)CC3)cc1F. The number of nitrogens with one attached hydrogen (secondary N) is 1. The van der Waals surface area contributed by atoms with E-state index in [4.69, 9.17) is 4.74 Å². The van der Waals surface area contributed by atoms with E-state index in [1.54, 1.807) is 11.0 Å². The highest BCUT2D eigenvalue weighted by Crippen LogP contribution is 2.34. The molecule has 10 heteroatoms. The summed E-state index contributed by atoms with van der Waals surface area (Å²) < 4.78 is 20.8. The molecule has 0 radical (unpaired) electrons. The zero-order chi connectivity index (χ0) is 25.4.